The fraction of sp³-hybridized carbons (Fsp3) is 0.211. The van der Waals surface area contributed by atoms with Gasteiger partial charge in [-0.15, -0.1) is 0 Å². The fourth-order valence-corrected chi connectivity index (χ4v) is 4.08. The maximum atomic E-state index is 6.47. The SMILES string of the molecule is Clc1ccc(-c2nn(-c3cccc(Br)c3)c3c2CCCCN3)c(Cl)c1. The second-order valence-corrected chi connectivity index (χ2v) is 7.83. The lowest BCUT2D eigenvalue weighted by atomic mass is 10.0. The van der Waals surface area contributed by atoms with Gasteiger partial charge >= 0.3 is 0 Å². The van der Waals surface area contributed by atoms with Gasteiger partial charge in [0.2, 0.25) is 0 Å². The Hall–Kier alpha value is -1.49. The number of hydrogen-bond acceptors (Lipinski definition) is 2. The topological polar surface area (TPSA) is 29.9 Å². The Labute approximate surface area is 165 Å². The minimum Gasteiger partial charge on any atom is -0.370 e. The van der Waals surface area contributed by atoms with Crippen LogP contribution in [0, 0.1) is 0 Å². The molecule has 0 aliphatic carbocycles. The molecule has 1 aromatic heterocycles. The smallest absolute Gasteiger partial charge is 0.133 e. The maximum absolute atomic E-state index is 6.47. The van der Waals surface area contributed by atoms with E-state index in [0.717, 1.165) is 53.0 Å². The van der Waals surface area contributed by atoms with Crippen molar-refractivity contribution >= 4 is 44.9 Å². The molecule has 1 aliphatic heterocycles. The van der Waals surface area contributed by atoms with Gasteiger partial charge in [-0.3, -0.25) is 0 Å². The van der Waals surface area contributed by atoms with Crippen LogP contribution in [0.5, 0.6) is 0 Å². The third-order valence-corrected chi connectivity index (χ3v) is 5.41. The first-order chi connectivity index (χ1) is 12.1. The summed E-state index contributed by atoms with van der Waals surface area (Å²) >= 11 is 16.1. The van der Waals surface area contributed by atoms with Gasteiger partial charge in [-0.25, -0.2) is 4.68 Å². The van der Waals surface area contributed by atoms with E-state index in [2.05, 4.69) is 33.4 Å². The molecule has 1 aliphatic rings. The summed E-state index contributed by atoms with van der Waals surface area (Å²) in [6.45, 7) is 0.945. The predicted octanol–water partition coefficient (Wildman–Crippen LogP) is 6.36. The molecule has 0 saturated carbocycles. The van der Waals surface area contributed by atoms with Crippen LogP contribution in [0.25, 0.3) is 16.9 Å². The molecular weight excluding hydrogens is 421 g/mol. The fourth-order valence-electron chi connectivity index (χ4n) is 3.19. The van der Waals surface area contributed by atoms with E-state index in [1.54, 1.807) is 6.07 Å². The molecule has 2 heterocycles. The second-order valence-electron chi connectivity index (χ2n) is 6.08. The van der Waals surface area contributed by atoms with E-state index in [-0.39, 0.29) is 0 Å². The number of anilines is 1. The van der Waals surface area contributed by atoms with Gasteiger partial charge in [0.1, 0.15) is 5.82 Å². The monoisotopic (exact) mass is 435 g/mol. The van der Waals surface area contributed by atoms with Crippen molar-refractivity contribution in [2.24, 2.45) is 0 Å². The largest absolute Gasteiger partial charge is 0.370 e. The molecule has 1 N–H and O–H groups in total. The van der Waals surface area contributed by atoms with Crippen molar-refractivity contribution in [1.82, 2.24) is 9.78 Å². The lowest BCUT2D eigenvalue weighted by molar-refractivity contribution is 0.780. The minimum atomic E-state index is 0.624. The van der Waals surface area contributed by atoms with Crippen LogP contribution in [0.15, 0.2) is 46.9 Å². The van der Waals surface area contributed by atoms with Crippen LogP contribution in [-0.2, 0) is 6.42 Å². The molecule has 0 unspecified atom stereocenters. The summed E-state index contributed by atoms with van der Waals surface area (Å²) < 4.78 is 3.00. The molecule has 2 aromatic carbocycles. The zero-order valence-electron chi connectivity index (χ0n) is 13.4. The first-order valence-corrected chi connectivity index (χ1v) is 9.75. The van der Waals surface area contributed by atoms with E-state index in [4.69, 9.17) is 28.3 Å². The number of benzene rings is 2. The molecule has 128 valence electrons. The summed E-state index contributed by atoms with van der Waals surface area (Å²) in [6, 6.07) is 13.7. The van der Waals surface area contributed by atoms with Gasteiger partial charge in [-0.2, -0.15) is 5.10 Å². The van der Waals surface area contributed by atoms with Crippen LogP contribution in [0.3, 0.4) is 0 Å². The molecule has 0 spiro atoms. The normalized spacial score (nSPS) is 13.9. The van der Waals surface area contributed by atoms with Crippen LogP contribution < -0.4 is 5.32 Å². The van der Waals surface area contributed by atoms with E-state index in [0.29, 0.717) is 10.0 Å². The Morgan fingerprint density at radius 3 is 2.76 bits per heavy atom. The van der Waals surface area contributed by atoms with E-state index in [1.807, 2.05) is 28.9 Å². The lowest BCUT2D eigenvalue weighted by Crippen LogP contribution is -2.07. The molecule has 6 heteroatoms. The standard InChI is InChI=1S/C19H16BrCl2N3/c20-12-4-3-5-14(10-12)25-19-16(6-1-2-9-23-19)18(24-25)15-8-7-13(21)11-17(15)22/h3-5,7-8,10-11,23H,1-2,6,9H2. The van der Waals surface area contributed by atoms with E-state index in [1.165, 1.54) is 5.56 Å². The van der Waals surface area contributed by atoms with E-state index >= 15 is 0 Å². The van der Waals surface area contributed by atoms with Crippen molar-refractivity contribution in [2.75, 3.05) is 11.9 Å². The summed E-state index contributed by atoms with van der Waals surface area (Å²) in [7, 11) is 0. The second kappa shape index (κ2) is 7.02. The van der Waals surface area contributed by atoms with Crippen molar-refractivity contribution in [3.8, 4) is 16.9 Å². The van der Waals surface area contributed by atoms with Crippen molar-refractivity contribution in [3.63, 3.8) is 0 Å². The lowest BCUT2D eigenvalue weighted by Gasteiger charge is -2.09. The minimum absolute atomic E-state index is 0.624. The molecule has 0 radical (unpaired) electrons. The highest BCUT2D eigenvalue weighted by atomic mass is 79.9. The third-order valence-electron chi connectivity index (χ3n) is 4.37. The van der Waals surface area contributed by atoms with Crippen LogP contribution in [-0.4, -0.2) is 16.3 Å². The molecule has 0 saturated heterocycles. The number of hydrogen-bond donors (Lipinski definition) is 1. The molecule has 0 fully saturated rings. The van der Waals surface area contributed by atoms with Crippen molar-refractivity contribution in [3.05, 3.63) is 62.5 Å². The van der Waals surface area contributed by atoms with Gasteiger partial charge in [0, 0.05) is 27.2 Å². The maximum Gasteiger partial charge on any atom is 0.133 e. The zero-order chi connectivity index (χ0) is 17.4. The van der Waals surface area contributed by atoms with Gasteiger partial charge in [0.05, 0.1) is 16.4 Å². The summed E-state index contributed by atoms with van der Waals surface area (Å²) in [5.41, 5.74) is 4.06. The van der Waals surface area contributed by atoms with Crippen LogP contribution in [0.1, 0.15) is 18.4 Å². The van der Waals surface area contributed by atoms with E-state index in [9.17, 15) is 0 Å². The Bertz CT molecular complexity index is 936. The molecular formula is C19H16BrCl2N3. The molecule has 4 rings (SSSR count). The Balaban J connectivity index is 1.93. The Morgan fingerprint density at radius 2 is 1.96 bits per heavy atom. The summed E-state index contributed by atoms with van der Waals surface area (Å²) in [5, 5.41) is 9.71. The molecule has 0 bridgehead atoms. The van der Waals surface area contributed by atoms with Gasteiger partial charge in [0.15, 0.2) is 0 Å². The Morgan fingerprint density at radius 1 is 1.08 bits per heavy atom. The number of fused-ring (bicyclic) bond motifs is 1. The number of rotatable bonds is 2. The van der Waals surface area contributed by atoms with Gasteiger partial charge in [-0.1, -0.05) is 45.2 Å². The highest BCUT2D eigenvalue weighted by Crippen LogP contribution is 2.38. The van der Waals surface area contributed by atoms with Gasteiger partial charge in [-0.05, 0) is 55.7 Å². The molecule has 0 amide bonds. The zero-order valence-corrected chi connectivity index (χ0v) is 16.5. The third kappa shape index (κ3) is 3.31. The summed E-state index contributed by atoms with van der Waals surface area (Å²) in [5.74, 6) is 1.05. The van der Waals surface area contributed by atoms with Crippen molar-refractivity contribution < 1.29 is 0 Å². The highest BCUT2D eigenvalue weighted by Gasteiger charge is 2.23. The first kappa shape index (κ1) is 17.0. The molecule has 3 aromatic rings. The summed E-state index contributed by atoms with van der Waals surface area (Å²) in [4.78, 5) is 0. The first-order valence-electron chi connectivity index (χ1n) is 8.20. The molecule has 3 nitrogen and oxygen atoms in total. The quantitative estimate of drug-likeness (QED) is 0.506. The number of nitrogens with zero attached hydrogens (tertiary/aromatic N) is 2. The van der Waals surface area contributed by atoms with Gasteiger partial charge < -0.3 is 5.32 Å². The highest BCUT2D eigenvalue weighted by molar-refractivity contribution is 9.10. The van der Waals surface area contributed by atoms with Crippen molar-refractivity contribution in [2.45, 2.75) is 19.3 Å². The average Bonchev–Trinajstić information content (AvgIpc) is 2.77. The average molecular weight is 437 g/mol. The predicted molar refractivity (Wildman–Crippen MR) is 108 cm³/mol. The van der Waals surface area contributed by atoms with E-state index < -0.39 is 0 Å². The van der Waals surface area contributed by atoms with Crippen molar-refractivity contribution in [1.29, 1.82) is 0 Å². The Kier molecular flexibility index (Phi) is 4.76. The molecule has 0 atom stereocenters. The summed E-state index contributed by atoms with van der Waals surface area (Å²) in [6.07, 6.45) is 3.24. The molecule has 25 heavy (non-hydrogen) atoms. The number of nitrogens with one attached hydrogen (secondary N) is 1. The number of aromatic nitrogens is 2. The van der Waals surface area contributed by atoms with Crippen LogP contribution >= 0.6 is 39.1 Å². The number of halogens is 3. The van der Waals surface area contributed by atoms with Crippen LogP contribution in [0.4, 0.5) is 5.82 Å². The van der Waals surface area contributed by atoms with Crippen LogP contribution in [0.2, 0.25) is 10.0 Å². The van der Waals surface area contributed by atoms with Gasteiger partial charge in [0.25, 0.3) is 0 Å².